The first-order valence-corrected chi connectivity index (χ1v) is 10.9. The highest BCUT2D eigenvalue weighted by Gasteiger charge is 2.51. The zero-order valence-corrected chi connectivity index (χ0v) is 17.6. The van der Waals surface area contributed by atoms with E-state index >= 15 is 0 Å². The van der Waals surface area contributed by atoms with Crippen molar-refractivity contribution in [2.24, 2.45) is 0 Å². The number of hydrogen-bond donors (Lipinski definition) is 0. The summed E-state index contributed by atoms with van der Waals surface area (Å²) in [5.41, 5.74) is -0.894. The van der Waals surface area contributed by atoms with Gasteiger partial charge in [0.05, 0.1) is 6.04 Å². The van der Waals surface area contributed by atoms with Crippen molar-refractivity contribution in [1.82, 2.24) is 0 Å². The normalized spacial score (nSPS) is 11.2. The molecule has 1 aromatic carbocycles. The Kier molecular flexibility index (Phi) is 9.40. The third-order valence-corrected chi connectivity index (χ3v) is 6.62. The number of halogens is 5. The molecule has 168 valence electrons. The molecule has 0 atom stereocenters. The first-order chi connectivity index (χ1) is 13.9. The number of hydrogen-bond acceptors (Lipinski definition) is 6. The lowest BCUT2D eigenvalue weighted by atomic mass is 10.0. The molecular weight excluding hydrogens is 435 g/mol. The van der Waals surface area contributed by atoms with Crippen LogP contribution in [0.2, 0.25) is 6.04 Å². The van der Waals surface area contributed by atoms with Gasteiger partial charge in [0, 0.05) is 26.3 Å². The van der Waals surface area contributed by atoms with Crippen molar-refractivity contribution in [1.29, 1.82) is 0 Å². The maximum Gasteiger partial charge on any atom is 0.705 e. The summed E-state index contributed by atoms with van der Waals surface area (Å²) in [6.45, 7) is 3.16. The molecule has 6 nitrogen and oxygen atoms in total. The van der Waals surface area contributed by atoms with Crippen LogP contribution < -0.4 is 0 Å². The van der Waals surface area contributed by atoms with Crippen molar-refractivity contribution in [3.8, 4) is 0 Å². The third kappa shape index (κ3) is 7.08. The molecular formula is C18H21F5O6Si. The SMILES string of the molecule is CC(=O)O[Si](CCCCCCc1c(F)c(F)c(F)c(F)c1F)(OC(C)=O)OC(C)=O. The van der Waals surface area contributed by atoms with Gasteiger partial charge in [-0.2, -0.15) is 0 Å². The smallest absolute Gasteiger partial charge is 0.455 e. The fourth-order valence-corrected chi connectivity index (χ4v) is 5.17. The van der Waals surface area contributed by atoms with E-state index in [0.717, 1.165) is 20.8 Å². The number of unbranched alkanes of at least 4 members (excludes halogenated alkanes) is 3. The van der Waals surface area contributed by atoms with Gasteiger partial charge >= 0.3 is 8.80 Å². The largest absolute Gasteiger partial charge is 0.705 e. The summed E-state index contributed by atoms with van der Waals surface area (Å²) in [5.74, 6) is -12.4. The Morgan fingerprint density at radius 3 is 1.40 bits per heavy atom. The summed E-state index contributed by atoms with van der Waals surface area (Å²) < 4.78 is 81.7. The van der Waals surface area contributed by atoms with Crippen LogP contribution in [0.3, 0.4) is 0 Å². The van der Waals surface area contributed by atoms with E-state index in [1.54, 1.807) is 0 Å². The molecule has 0 N–H and O–H groups in total. The van der Waals surface area contributed by atoms with Crippen molar-refractivity contribution < 1.29 is 49.6 Å². The van der Waals surface area contributed by atoms with E-state index in [0.29, 0.717) is 12.8 Å². The summed E-state index contributed by atoms with van der Waals surface area (Å²) >= 11 is 0. The highest BCUT2D eigenvalue weighted by Crippen LogP contribution is 2.25. The van der Waals surface area contributed by atoms with E-state index in [2.05, 4.69) is 0 Å². The van der Waals surface area contributed by atoms with E-state index in [9.17, 15) is 36.3 Å². The summed E-state index contributed by atoms with van der Waals surface area (Å²) in [5, 5.41) is 0. The lowest BCUT2D eigenvalue weighted by Gasteiger charge is -2.26. The van der Waals surface area contributed by atoms with Crippen LogP contribution in [-0.2, 0) is 34.1 Å². The molecule has 0 saturated carbocycles. The molecule has 1 aromatic rings. The Morgan fingerprint density at radius 2 is 1.00 bits per heavy atom. The summed E-state index contributed by atoms with van der Waals surface area (Å²) in [6.07, 6.45) is 0.628. The second-order valence-electron chi connectivity index (χ2n) is 6.43. The number of benzene rings is 1. The second kappa shape index (κ2) is 11.0. The van der Waals surface area contributed by atoms with Gasteiger partial charge < -0.3 is 13.3 Å². The fourth-order valence-electron chi connectivity index (χ4n) is 2.74. The average molecular weight is 456 g/mol. The molecule has 0 radical (unpaired) electrons. The van der Waals surface area contributed by atoms with Crippen LogP contribution in [0.1, 0.15) is 52.0 Å². The van der Waals surface area contributed by atoms with E-state index in [4.69, 9.17) is 13.3 Å². The second-order valence-corrected chi connectivity index (χ2v) is 8.91. The van der Waals surface area contributed by atoms with E-state index < -0.39 is 61.4 Å². The molecule has 0 amide bonds. The lowest BCUT2D eigenvalue weighted by Crippen LogP contribution is -2.49. The van der Waals surface area contributed by atoms with Crippen LogP contribution in [0.5, 0.6) is 0 Å². The highest BCUT2D eigenvalue weighted by atomic mass is 28.4. The van der Waals surface area contributed by atoms with Crippen molar-refractivity contribution in [3.63, 3.8) is 0 Å². The predicted molar refractivity (Wildman–Crippen MR) is 94.3 cm³/mol. The molecule has 0 spiro atoms. The van der Waals surface area contributed by atoms with Gasteiger partial charge in [0.2, 0.25) is 5.82 Å². The molecule has 0 aliphatic rings. The zero-order valence-electron chi connectivity index (χ0n) is 16.6. The maximum atomic E-state index is 13.6. The Morgan fingerprint density at radius 1 is 0.633 bits per heavy atom. The molecule has 0 aliphatic carbocycles. The molecule has 0 heterocycles. The average Bonchev–Trinajstić information content (AvgIpc) is 2.61. The molecule has 12 heteroatoms. The Labute approximate surface area is 170 Å². The molecule has 0 saturated heterocycles. The van der Waals surface area contributed by atoms with Gasteiger partial charge in [-0.15, -0.1) is 0 Å². The van der Waals surface area contributed by atoms with E-state index in [1.165, 1.54) is 0 Å². The first kappa shape index (κ1) is 25.5. The molecule has 0 fully saturated rings. The Bertz CT molecular complexity index is 747. The van der Waals surface area contributed by atoms with Crippen LogP contribution in [0.25, 0.3) is 0 Å². The van der Waals surface area contributed by atoms with Crippen LogP contribution in [0.4, 0.5) is 22.0 Å². The summed E-state index contributed by atoms with van der Waals surface area (Å²) in [7, 11) is -3.96. The van der Waals surface area contributed by atoms with Gasteiger partial charge in [-0.1, -0.05) is 12.8 Å². The minimum absolute atomic E-state index is 0.0751. The quantitative estimate of drug-likeness (QED) is 0.173. The van der Waals surface area contributed by atoms with Gasteiger partial charge in [0.1, 0.15) is 0 Å². The van der Waals surface area contributed by atoms with Crippen molar-refractivity contribution in [2.75, 3.05) is 0 Å². The molecule has 0 aromatic heterocycles. The van der Waals surface area contributed by atoms with Gasteiger partial charge in [0.25, 0.3) is 17.9 Å². The minimum Gasteiger partial charge on any atom is -0.455 e. The van der Waals surface area contributed by atoms with E-state index in [1.807, 2.05) is 0 Å². The monoisotopic (exact) mass is 456 g/mol. The Hall–Kier alpha value is -2.50. The minimum atomic E-state index is -3.96. The van der Waals surface area contributed by atoms with E-state index in [-0.39, 0.29) is 25.3 Å². The molecule has 0 aliphatic heterocycles. The lowest BCUT2D eigenvalue weighted by molar-refractivity contribution is -0.147. The van der Waals surface area contributed by atoms with Crippen molar-refractivity contribution >= 4 is 26.7 Å². The van der Waals surface area contributed by atoms with Gasteiger partial charge in [-0.05, 0) is 19.3 Å². The van der Waals surface area contributed by atoms with Crippen LogP contribution in [0.15, 0.2) is 0 Å². The zero-order chi connectivity index (χ0) is 23.1. The maximum absolute atomic E-state index is 13.6. The predicted octanol–water partition coefficient (Wildman–Crippen LogP) is 4.11. The molecule has 0 bridgehead atoms. The highest BCUT2D eigenvalue weighted by molar-refractivity contribution is 6.65. The standard InChI is InChI=1S/C18H21F5O6Si/c1-10(24)27-30(28-11(2)25,29-12(3)26)9-7-5-4-6-8-13-14(19)16(21)18(23)17(22)15(13)20/h4-9H2,1-3H3. The Balaban J connectivity index is 2.69. The van der Waals surface area contributed by atoms with Crippen molar-refractivity contribution in [2.45, 2.75) is 58.9 Å². The molecule has 30 heavy (non-hydrogen) atoms. The van der Waals surface area contributed by atoms with Gasteiger partial charge in [0.15, 0.2) is 23.3 Å². The van der Waals surface area contributed by atoms with Gasteiger partial charge in [-0.25, -0.2) is 22.0 Å². The topological polar surface area (TPSA) is 78.9 Å². The summed E-state index contributed by atoms with van der Waals surface area (Å²) in [4.78, 5) is 34.0. The number of carbonyl (C=O) groups excluding carboxylic acids is 3. The third-order valence-electron chi connectivity index (χ3n) is 3.86. The number of rotatable bonds is 10. The van der Waals surface area contributed by atoms with Gasteiger partial charge in [-0.3, -0.25) is 14.4 Å². The molecule has 0 unspecified atom stereocenters. The van der Waals surface area contributed by atoms with Crippen molar-refractivity contribution in [3.05, 3.63) is 34.6 Å². The number of carbonyl (C=O) groups is 3. The first-order valence-electron chi connectivity index (χ1n) is 8.99. The fraction of sp³-hybridized carbons (Fsp3) is 0.500. The van der Waals surface area contributed by atoms with Crippen LogP contribution in [-0.4, -0.2) is 26.7 Å². The summed E-state index contributed by atoms with van der Waals surface area (Å²) in [6, 6.07) is -0.0751. The molecule has 1 rings (SSSR count). The van der Waals surface area contributed by atoms with Crippen LogP contribution in [0, 0.1) is 29.1 Å². The van der Waals surface area contributed by atoms with Crippen LogP contribution >= 0.6 is 0 Å².